The van der Waals surface area contributed by atoms with E-state index in [-0.39, 0.29) is 11.8 Å². The van der Waals surface area contributed by atoms with E-state index in [0.29, 0.717) is 45.0 Å². The molecule has 1 aromatic heterocycles. The van der Waals surface area contributed by atoms with Crippen molar-refractivity contribution in [2.75, 3.05) is 33.8 Å². The third-order valence-corrected chi connectivity index (χ3v) is 5.29. The van der Waals surface area contributed by atoms with Gasteiger partial charge >= 0.3 is 0 Å². The lowest BCUT2D eigenvalue weighted by molar-refractivity contribution is -0.127. The highest BCUT2D eigenvalue weighted by Gasteiger charge is 2.33. The fourth-order valence-electron chi connectivity index (χ4n) is 3.48. The molecule has 29 heavy (non-hydrogen) atoms. The highest BCUT2D eigenvalue weighted by molar-refractivity contribution is 5.93. The number of hydrogen-bond acceptors (Lipinski definition) is 5. The van der Waals surface area contributed by atoms with Gasteiger partial charge in [-0.3, -0.25) is 19.2 Å². The number of carbonyl (C=O) groups excluding carboxylic acids is 2. The minimum atomic E-state index is -0.393. The van der Waals surface area contributed by atoms with Gasteiger partial charge in [-0.15, -0.1) is 0 Å². The number of ether oxygens (including phenoxy) is 1. The van der Waals surface area contributed by atoms with Gasteiger partial charge in [0, 0.05) is 46.0 Å². The fraction of sp³-hybridized carbons (Fsp3) is 0.476. The summed E-state index contributed by atoms with van der Waals surface area (Å²) in [5.74, 6) is -0.218. The summed E-state index contributed by atoms with van der Waals surface area (Å²) >= 11 is 0. The lowest BCUT2D eigenvalue weighted by Crippen LogP contribution is -2.58. The number of nitrogens with one attached hydrogen (secondary N) is 1. The Morgan fingerprint density at radius 1 is 1.21 bits per heavy atom. The number of benzene rings is 1. The summed E-state index contributed by atoms with van der Waals surface area (Å²) in [5, 5.41) is 7.31. The second-order valence-electron chi connectivity index (χ2n) is 7.22. The molecule has 2 heterocycles. The van der Waals surface area contributed by atoms with Crippen LogP contribution in [-0.4, -0.2) is 71.2 Å². The van der Waals surface area contributed by atoms with Crippen LogP contribution in [0, 0.1) is 0 Å². The number of hydrogen-bond donors (Lipinski definition) is 1. The Kier molecular flexibility index (Phi) is 7.00. The van der Waals surface area contributed by atoms with Crippen LogP contribution in [0.15, 0.2) is 36.5 Å². The van der Waals surface area contributed by atoms with Crippen LogP contribution in [0.25, 0.3) is 0 Å². The molecule has 156 valence electrons. The van der Waals surface area contributed by atoms with Crippen LogP contribution in [0.3, 0.4) is 0 Å². The average molecular weight is 399 g/mol. The molecular weight excluding hydrogens is 370 g/mol. The molecule has 0 saturated carbocycles. The highest BCUT2D eigenvalue weighted by Crippen LogP contribution is 2.13. The normalized spacial score (nSPS) is 17.3. The molecule has 0 bridgehead atoms. The molecule has 8 heteroatoms. The summed E-state index contributed by atoms with van der Waals surface area (Å²) in [6.07, 6.45) is 1.80. The lowest BCUT2D eigenvalue weighted by Gasteiger charge is -2.38. The van der Waals surface area contributed by atoms with Crippen LogP contribution >= 0.6 is 0 Å². The number of aromatic nitrogens is 2. The monoisotopic (exact) mass is 399 g/mol. The highest BCUT2D eigenvalue weighted by atomic mass is 16.5. The third kappa shape index (κ3) is 5.02. The molecule has 2 aromatic rings. The lowest BCUT2D eigenvalue weighted by atomic mass is 10.1. The van der Waals surface area contributed by atoms with Crippen LogP contribution in [0.2, 0.25) is 0 Å². The third-order valence-electron chi connectivity index (χ3n) is 5.29. The van der Waals surface area contributed by atoms with Crippen molar-refractivity contribution >= 4 is 11.8 Å². The Hall–Kier alpha value is -2.71. The van der Waals surface area contributed by atoms with Crippen molar-refractivity contribution < 1.29 is 14.3 Å². The zero-order valence-corrected chi connectivity index (χ0v) is 17.3. The summed E-state index contributed by atoms with van der Waals surface area (Å²) in [5.41, 5.74) is 2.50. The van der Waals surface area contributed by atoms with Crippen molar-refractivity contribution in [3.63, 3.8) is 0 Å². The van der Waals surface area contributed by atoms with Crippen molar-refractivity contribution in [1.82, 2.24) is 24.9 Å². The molecule has 1 atom stereocenters. The molecular formula is C21H29N5O3. The quantitative estimate of drug-likeness (QED) is 0.755. The first-order valence-corrected chi connectivity index (χ1v) is 9.89. The van der Waals surface area contributed by atoms with Gasteiger partial charge in [0.25, 0.3) is 5.91 Å². The molecule has 0 radical (unpaired) electrons. The van der Waals surface area contributed by atoms with E-state index in [1.54, 1.807) is 29.0 Å². The molecule has 1 fully saturated rings. The van der Waals surface area contributed by atoms with E-state index >= 15 is 0 Å². The maximum Gasteiger partial charge on any atom is 0.274 e. The molecule has 1 aliphatic heterocycles. The summed E-state index contributed by atoms with van der Waals surface area (Å²) in [4.78, 5) is 29.4. The largest absolute Gasteiger partial charge is 0.380 e. The van der Waals surface area contributed by atoms with Gasteiger partial charge in [0.2, 0.25) is 5.91 Å². The predicted octanol–water partition coefficient (Wildman–Crippen LogP) is 1.12. The van der Waals surface area contributed by atoms with Crippen molar-refractivity contribution in [2.24, 2.45) is 0 Å². The van der Waals surface area contributed by atoms with E-state index in [2.05, 4.69) is 10.4 Å². The molecule has 0 aliphatic carbocycles. The van der Waals surface area contributed by atoms with E-state index in [4.69, 9.17) is 4.74 Å². The fourth-order valence-corrected chi connectivity index (χ4v) is 3.48. The first-order chi connectivity index (χ1) is 14.0. The number of nitrogens with zero attached hydrogens (tertiary/aromatic N) is 4. The summed E-state index contributed by atoms with van der Waals surface area (Å²) < 4.78 is 6.96. The van der Waals surface area contributed by atoms with E-state index in [1.165, 1.54) is 0 Å². The van der Waals surface area contributed by atoms with Gasteiger partial charge in [-0.25, -0.2) is 0 Å². The van der Waals surface area contributed by atoms with Crippen LogP contribution in [0.5, 0.6) is 0 Å². The number of amides is 2. The van der Waals surface area contributed by atoms with E-state index < -0.39 is 6.04 Å². The Bertz CT molecular complexity index is 850. The number of aryl methyl sites for hydroxylation is 1. The minimum Gasteiger partial charge on any atom is -0.380 e. The van der Waals surface area contributed by atoms with Gasteiger partial charge in [-0.1, -0.05) is 24.3 Å². The molecule has 1 saturated heterocycles. The van der Waals surface area contributed by atoms with Crippen LogP contribution in [-0.2, 0) is 29.2 Å². The minimum absolute atomic E-state index is 0.0868. The second-order valence-corrected chi connectivity index (χ2v) is 7.22. The second kappa shape index (κ2) is 9.67. The molecule has 8 nitrogen and oxygen atoms in total. The Balaban J connectivity index is 1.63. The van der Waals surface area contributed by atoms with Gasteiger partial charge in [-0.2, -0.15) is 5.10 Å². The van der Waals surface area contributed by atoms with E-state index in [1.807, 2.05) is 43.1 Å². The smallest absolute Gasteiger partial charge is 0.274 e. The van der Waals surface area contributed by atoms with Gasteiger partial charge in [0.1, 0.15) is 11.7 Å². The maximum absolute atomic E-state index is 12.9. The summed E-state index contributed by atoms with van der Waals surface area (Å²) in [7, 11) is 3.57. The molecule has 0 unspecified atom stereocenters. The SMILES string of the molecule is CCn1ccc(C(=O)N2CCN(C)[C@@H](C(=O)NCc3ccccc3COC)C2)n1. The Morgan fingerprint density at radius 3 is 2.66 bits per heavy atom. The standard InChI is InChI=1S/C21H29N5O3/c1-4-26-10-9-18(23-26)21(28)25-12-11-24(2)19(14-25)20(27)22-13-16-7-5-6-8-17(16)15-29-3/h5-10,19H,4,11-15H2,1-3H3,(H,22,27)/t19-/m1/s1. The summed E-state index contributed by atoms with van der Waals surface area (Å²) in [6.45, 7) is 5.18. The van der Waals surface area contributed by atoms with Crippen molar-refractivity contribution in [3.8, 4) is 0 Å². The Labute approximate surface area is 171 Å². The van der Waals surface area contributed by atoms with Crippen molar-refractivity contribution in [3.05, 3.63) is 53.3 Å². The van der Waals surface area contributed by atoms with E-state index in [9.17, 15) is 9.59 Å². The maximum atomic E-state index is 12.9. The zero-order valence-electron chi connectivity index (χ0n) is 17.3. The zero-order chi connectivity index (χ0) is 20.8. The molecule has 2 amide bonds. The molecule has 1 N–H and O–H groups in total. The van der Waals surface area contributed by atoms with Crippen LogP contribution < -0.4 is 5.32 Å². The Morgan fingerprint density at radius 2 is 1.97 bits per heavy atom. The number of piperazine rings is 1. The van der Waals surface area contributed by atoms with E-state index in [0.717, 1.165) is 11.1 Å². The molecule has 0 spiro atoms. The number of methoxy groups -OCH3 is 1. The van der Waals surface area contributed by atoms with Crippen molar-refractivity contribution in [2.45, 2.75) is 32.7 Å². The number of likely N-dealkylation sites (N-methyl/N-ethyl adjacent to an activating group) is 1. The first kappa shape index (κ1) is 21.0. The summed E-state index contributed by atoms with van der Waals surface area (Å²) in [6, 6.07) is 9.22. The van der Waals surface area contributed by atoms with Gasteiger partial charge in [0.15, 0.2) is 0 Å². The molecule has 1 aromatic carbocycles. The number of carbonyl (C=O) groups is 2. The van der Waals surface area contributed by atoms with Crippen LogP contribution in [0.4, 0.5) is 0 Å². The average Bonchev–Trinajstić information content (AvgIpc) is 3.22. The predicted molar refractivity (Wildman–Crippen MR) is 109 cm³/mol. The van der Waals surface area contributed by atoms with Gasteiger partial charge in [0.05, 0.1) is 6.61 Å². The first-order valence-electron chi connectivity index (χ1n) is 9.89. The van der Waals surface area contributed by atoms with Gasteiger partial charge < -0.3 is 15.0 Å². The van der Waals surface area contributed by atoms with Gasteiger partial charge in [-0.05, 0) is 31.2 Å². The number of rotatable bonds is 7. The topological polar surface area (TPSA) is 79.7 Å². The molecule has 3 rings (SSSR count). The molecule has 1 aliphatic rings. The van der Waals surface area contributed by atoms with Crippen LogP contribution in [0.1, 0.15) is 28.5 Å². The van der Waals surface area contributed by atoms with Crippen molar-refractivity contribution in [1.29, 1.82) is 0 Å².